The lowest BCUT2D eigenvalue weighted by Crippen LogP contribution is -2.51. The minimum Gasteiger partial charge on any atom is -0.497 e. The van der Waals surface area contributed by atoms with E-state index >= 15 is 4.79 Å². The van der Waals surface area contributed by atoms with Crippen molar-refractivity contribution in [2.75, 3.05) is 30.1 Å². The molecule has 2 fully saturated rings. The van der Waals surface area contributed by atoms with Crippen LogP contribution in [0.3, 0.4) is 0 Å². The Labute approximate surface area is 301 Å². The van der Waals surface area contributed by atoms with Crippen LogP contribution in [0.4, 0.5) is 17.1 Å². The van der Waals surface area contributed by atoms with E-state index in [2.05, 4.69) is 48.5 Å². The van der Waals surface area contributed by atoms with Gasteiger partial charge in [0.05, 0.1) is 32.7 Å². The highest BCUT2D eigenvalue weighted by molar-refractivity contribution is 6.91. The van der Waals surface area contributed by atoms with Gasteiger partial charge in [0.2, 0.25) is 5.91 Å². The fourth-order valence-corrected chi connectivity index (χ4v) is 12.9. The number of fused-ring (bicyclic) bond motifs is 2. The fraction of sp³-hybridized carbons (Fsp3) is 0.450. The molecule has 2 amide bonds. The largest absolute Gasteiger partial charge is 0.497 e. The summed E-state index contributed by atoms with van der Waals surface area (Å²) in [6, 6.07) is 24.3. The summed E-state index contributed by atoms with van der Waals surface area (Å²) in [5.74, 6) is 0.656. The van der Waals surface area contributed by atoms with Gasteiger partial charge in [-0.1, -0.05) is 73.6 Å². The predicted molar refractivity (Wildman–Crippen MR) is 200 cm³/mol. The number of hydrogen-bond donors (Lipinski definition) is 1. The van der Waals surface area contributed by atoms with Crippen LogP contribution in [0.2, 0.25) is 18.6 Å². The summed E-state index contributed by atoms with van der Waals surface area (Å²) in [6.07, 6.45) is 7.23. The lowest BCUT2D eigenvalue weighted by atomic mass is 9.82. The summed E-state index contributed by atoms with van der Waals surface area (Å²) in [4.78, 5) is 32.5. The Balaban J connectivity index is 1.35. The Morgan fingerprint density at radius 1 is 0.980 bits per heavy atom. The number of hydrogen-bond acceptors (Lipinski definition) is 7. The van der Waals surface area contributed by atoms with Gasteiger partial charge in [-0.25, -0.2) is 0 Å². The molecule has 1 aromatic heterocycles. The summed E-state index contributed by atoms with van der Waals surface area (Å²) in [7, 11) is -0.685. The zero-order valence-corrected chi connectivity index (χ0v) is 31.1. The topological polar surface area (TPSA) is 110 Å². The van der Waals surface area contributed by atoms with E-state index in [0.29, 0.717) is 32.4 Å². The first-order valence-corrected chi connectivity index (χ1v) is 21.4. The van der Waals surface area contributed by atoms with Crippen LogP contribution in [0.1, 0.15) is 56.7 Å². The standard InChI is InChI=1S/C40H49N5O5Si/c1-28-38(51(3,4)33-18-16-32(49-2)17-19-33)36(21-24-43-27-29(22-25-46)41-42-43)50-40(28)34-26-31(44-23-11-6-5-10-14-37(44)47)15-20-35(34)45(39(40)48)30-12-8-7-9-13-30/h7-9,12-13,15-20,26-28,36,38,46H,5-6,10-11,14,21-25H2,1-4H3/t28-,36+,38-,40+/m0/s1. The molecule has 4 atom stereocenters. The van der Waals surface area contributed by atoms with Gasteiger partial charge in [0.25, 0.3) is 5.91 Å². The average Bonchev–Trinajstić information content (AvgIpc) is 3.78. The quantitative estimate of drug-likeness (QED) is 0.198. The minimum absolute atomic E-state index is 0.0125. The summed E-state index contributed by atoms with van der Waals surface area (Å²) in [5.41, 5.74) is 2.77. The molecule has 1 N–H and O–H groups in total. The van der Waals surface area contributed by atoms with E-state index in [4.69, 9.17) is 9.47 Å². The number of carbonyl (C=O) groups is 2. The van der Waals surface area contributed by atoms with Gasteiger partial charge in [0, 0.05) is 61.6 Å². The lowest BCUT2D eigenvalue weighted by Gasteiger charge is -2.37. The Kier molecular flexibility index (Phi) is 9.88. The molecular formula is C40H49N5O5Si. The minimum atomic E-state index is -2.36. The van der Waals surface area contributed by atoms with E-state index in [1.54, 1.807) is 7.11 Å². The van der Waals surface area contributed by atoms with Crippen LogP contribution in [0.25, 0.3) is 0 Å². The molecule has 11 heteroatoms. The van der Waals surface area contributed by atoms with E-state index in [-0.39, 0.29) is 36.0 Å². The highest BCUT2D eigenvalue weighted by Crippen LogP contribution is 2.61. The molecule has 0 aliphatic carbocycles. The average molecular weight is 708 g/mol. The molecule has 1 spiro atoms. The third-order valence-electron chi connectivity index (χ3n) is 11.5. The number of aryl methyl sites for hydroxylation is 1. The van der Waals surface area contributed by atoms with E-state index in [9.17, 15) is 9.90 Å². The van der Waals surface area contributed by atoms with Gasteiger partial charge >= 0.3 is 0 Å². The molecule has 4 aromatic rings. The van der Waals surface area contributed by atoms with Crippen LogP contribution in [-0.2, 0) is 32.9 Å². The van der Waals surface area contributed by atoms with Gasteiger partial charge in [-0.3, -0.25) is 19.2 Å². The number of aromatic nitrogens is 3. The van der Waals surface area contributed by atoms with Crippen LogP contribution in [0.5, 0.6) is 5.75 Å². The molecular weight excluding hydrogens is 659 g/mol. The highest BCUT2D eigenvalue weighted by atomic mass is 28.3. The molecule has 3 aromatic carbocycles. The Hall–Kier alpha value is -4.32. The lowest BCUT2D eigenvalue weighted by molar-refractivity contribution is -0.145. The summed E-state index contributed by atoms with van der Waals surface area (Å²) in [6.45, 7) is 8.19. The van der Waals surface area contributed by atoms with Crippen LogP contribution in [-0.4, -0.2) is 66.4 Å². The molecule has 0 unspecified atom stereocenters. The summed E-state index contributed by atoms with van der Waals surface area (Å²) < 4.78 is 14.7. The van der Waals surface area contributed by atoms with Gasteiger partial charge in [0.15, 0.2) is 5.60 Å². The smallest absolute Gasteiger partial charge is 0.268 e. The Morgan fingerprint density at radius 2 is 1.75 bits per heavy atom. The van der Waals surface area contributed by atoms with E-state index in [1.807, 2.05) is 75.3 Å². The van der Waals surface area contributed by atoms with Crippen molar-refractivity contribution in [3.8, 4) is 5.75 Å². The second kappa shape index (κ2) is 14.4. The van der Waals surface area contributed by atoms with Crippen molar-refractivity contribution >= 4 is 42.1 Å². The molecule has 3 aliphatic rings. The molecule has 0 saturated carbocycles. The van der Waals surface area contributed by atoms with Crippen LogP contribution in [0.15, 0.2) is 79.0 Å². The van der Waals surface area contributed by atoms with Crippen molar-refractivity contribution in [3.05, 3.63) is 90.3 Å². The monoisotopic (exact) mass is 707 g/mol. The zero-order chi connectivity index (χ0) is 35.8. The van der Waals surface area contributed by atoms with Crippen LogP contribution in [0, 0.1) is 5.92 Å². The van der Waals surface area contributed by atoms with Gasteiger partial charge in [0.1, 0.15) is 5.75 Å². The van der Waals surface area contributed by atoms with E-state index in [1.165, 1.54) is 5.19 Å². The van der Waals surface area contributed by atoms with Crippen LogP contribution < -0.4 is 19.7 Å². The molecule has 10 nitrogen and oxygen atoms in total. The van der Waals surface area contributed by atoms with Crippen molar-refractivity contribution in [2.45, 2.75) is 88.8 Å². The number of para-hydroxylation sites is 1. The molecule has 268 valence electrons. The molecule has 0 radical (unpaired) electrons. The van der Waals surface area contributed by atoms with Gasteiger partial charge in [-0.05, 0) is 67.3 Å². The normalized spacial score (nSPS) is 23.8. The van der Waals surface area contributed by atoms with Gasteiger partial charge in [-0.15, -0.1) is 5.10 Å². The zero-order valence-electron chi connectivity index (χ0n) is 30.1. The number of aliphatic hydroxyl groups excluding tert-OH is 1. The van der Waals surface area contributed by atoms with E-state index in [0.717, 1.165) is 59.8 Å². The second-order valence-electron chi connectivity index (χ2n) is 14.8. The maximum atomic E-state index is 15.3. The van der Waals surface area contributed by atoms with Gasteiger partial charge < -0.3 is 19.5 Å². The Morgan fingerprint density at radius 3 is 2.49 bits per heavy atom. The van der Waals surface area contributed by atoms with Gasteiger partial charge in [-0.2, -0.15) is 0 Å². The molecule has 4 heterocycles. The number of rotatable bonds is 10. The first kappa shape index (κ1) is 35.1. The number of amides is 2. The number of ether oxygens (including phenoxy) is 2. The maximum Gasteiger partial charge on any atom is 0.268 e. The number of carbonyl (C=O) groups excluding carboxylic acids is 2. The number of anilines is 3. The molecule has 2 saturated heterocycles. The second-order valence-corrected chi connectivity index (χ2v) is 19.5. The molecule has 51 heavy (non-hydrogen) atoms. The summed E-state index contributed by atoms with van der Waals surface area (Å²) >= 11 is 0. The van der Waals surface area contributed by atoms with Crippen LogP contribution >= 0.6 is 0 Å². The number of methoxy groups -OCH3 is 1. The van der Waals surface area contributed by atoms with Crippen molar-refractivity contribution in [2.24, 2.45) is 5.92 Å². The van der Waals surface area contributed by atoms with Crippen molar-refractivity contribution in [3.63, 3.8) is 0 Å². The fourth-order valence-electron chi connectivity index (χ4n) is 8.87. The van der Waals surface area contributed by atoms with Crippen molar-refractivity contribution < 1.29 is 24.2 Å². The maximum absolute atomic E-state index is 15.3. The number of aliphatic hydroxyl groups is 1. The van der Waals surface area contributed by atoms with Crippen molar-refractivity contribution in [1.82, 2.24) is 15.0 Å². The predicted octanol–water partition coefficient (Wildman–Crippen LogP) is 6.10. The Bertz CT molecular complexity index is 1860. The SMILES string of the molecule is COc1ccc([Si](C)(C)[C@@H]2[C@@H](CCn3cc(CCO)nn3)O[C@]3(C(=O)N(c4ccccc4)c4ccc(N5CCCCCCC5=O)cc43)[C@H]2C)cc1. The third-order valence-corrected chi connectivity index (χ3v) is 15.8. The summed E-state index contributed by atoms with van der Waals surface area (Å²) in [5, 5.41) is 19.3. The number of nitrogens with zero attached hydrogens (tertiary/aromatic N) is 5. The van der Waals surface area contributed by atoms with Crippen molar-refractivity contribution in [1.29, 1.82) is 0 Å². The first-order valence-electron chi connectivity index (χ1n) is 18.4. The molecule has 7 rings (SSSR count). The van der Waals surface area contributed by atoms with E-state index < -0.39 is 13.7 Å². The molecule has 0 bridgehead atoms. The third kappa shape index (κ3) is 6.29. The molecule has 3 aliphatic heterocycles. The first-order chi connectivity index (χ1) is 24.7. The highest BCUT2D eigenvalue weighted by Gasteiger charge is 2.66. The number of benzene rings is 3.